The lowest BCUT2D eigenvalue weighted by atomic mass is 10.1. The molecule has 1 heterocycles. The van der Waals surface area contributed by atoms with Gasteiger partial charge in [0.15, 0.2) is 0 Å². The third kappa shape index (κ3) is 3.64. The van der Waals surface area contributed by atoms with Crippen LogP contribution >= 0.6 is 0 Å². The molecule has 116 valence electrons. The van der Waals surface area contributed by atoms with Crippen LogP contribution < -0.4 is 15.4 Å². The minimum absolute atomic E-state index is 0.0207. The van der Waals surface area contributed by atoms with Crippen LogP contribution in [0.1, 0.15) is 27.2 Å². The summed E-state index contributed by atoms with van der Waals surface area (Å²) < 4.78 is 5.64. The molecule has 0 radical (unpaired) electrons. The summed E-state index contributed by atoms with van der Waals surface area (Å²) in [4.78, 5) is 12.9. The van der Waals surface area contributed by atoms with E-state index in [0.29, 0.717) is 24.3 Å². The first-order valence-corrected chi connectivity index (χ1v) is 7.33. The fourth-order valence-electron chi connectivity index (χ4n) is 2.85. The molecule has 21 heavy (non-hydrogen) atoms. The van der Waals surface area contributed by atoms with Crippen LogP contribution in [0.2, 0.25) is 0 Å². The summed E-state index contributed by atoms with van der Waals surface area (Å²) in [6.45, 7) is 7.41. The van der Waals surface area contributed by atoms with E-state index in [9.17, 15) is 10.1 Å². The maximum absolute atomic E-state index is 11.1. The first kappa shape index (κ1) is 15.6. The monoisotopic (exact) mass is 293 g/mol. The maximum atomic E-state index is 11.1. The molecule has 1 saturated heterocycles. The standard InChI is InChI=1S/C15H23N3O3/c1-10(2)21-15-6-13(5-14(7-15)18(19)20)17-9-12(8-16)4-11(17)3/h5-7,10-12H,4,8-9,16H2,1-3H3. The van der Waals surface area contributed by atoms with Crippen LogP contribution in [0.15, 0.2) is 18.2 Å². The van der Waals surface area contributed by atoms with Crippen molar-refractivity contribution in [1.82, 2.24) is 0 Å². The zero-order valence-electron chi connectivity index (χ0n) is 12.8. The molecule has 0 amide bonds. The number of hydrogen-bond donors (Lipinski definition) is 1. The van der Waals surface area contributed by atoms with Gasteiger partial charge in [-0.1, -0.05) is 0 Å². The fourth-order valence-corrected chi connectivity index (χ4v) is 2.85. The van der Waals surface area contributed by atoms with Crippen LogP contribution in [-0.4, -0.2) is 30.2 Å². The Morgan fingerprint density at radius 1 is 1.48 bits per heavy atom. The van der Waals surface area contributed by atoms with Crippen molar-refractivity contribution >= 4 is 11.4 Å². The van der Waals surface area contributed by atoms with Crippen LogP contribution in [0.4, 0.5) is 11.4 Å². The van der Waals surface area contributed by atoms with Crippen LogP contribution in [0.5, 0.6) is 5.75 Å². The van der Waals surface area contributed by atoms with E-state index < -0.39 is 0 Å². The van der Waals surface area contributed by atoms with E-state index in [1.54, 1.807) is 6.07 Å². The molecule has 2 atom stereocenters. The Hall–Kier alpha value is -1.82. The van der Waals surface area contributed by atoms with Gasteiger partial charge in [0.2, 0.25) is 0 Å². The van der Waals surface area contributed by atoms with Gasteiger partial charge in [-0.2, -0.15) is 0 Å². The van der Waals surface area contributed by atoms with Crippen molar-refractivity contribution in [3.63, 3.8) is 0 Å². The van der Waals surface area contributed by atoms with E-state index in [1.165, 1.54) is 6.07 Å². The Morgan fingerprint density at radius 2 is 2.19 bits per heavy atom. The van der Waals surface area contributed by atoms with Gasteiger partial charge < -0.3 is 15.4 Å². The highest BCUT2D eigenvalue weighted by Gasteiger charge is 2.29. The summed E-state index contributed by atoms with van der Waals surface area (Å²) in [5, 5.41) is 11.1. The molecular weight excluding hydrogens is 270 g/mol. The third-order valence-corrected chi connectivity index (χ3v) is 3.79. The molecule has 0 aromatic heterocycles. The van der Waals surface area contributed by atoms with Crippen molar-refractivity contribution in [3.8, 4) is 5.75 Å². The predicted octanol–water partition coefficient (Wildman–Crippen LogP) is 2.56. The smallest absolute Gasteiger partial charge is 0.275 e. The van der Waals surface area contributed by atoms with Crippen LogP contribution in [0.3, 0.4) is 0 Å². The van der Waals surface area contributed by atoms with Gasteiger partial charge in [-0.25, -0.2) is 0 Å². The Morgan fingerprint density at radius 3 is 2.71 bits per heavy atom. The van der Waals surface area contributed by atoms with Gasteiger partial charge in [0.1, 0.15) is 5.75 Å². The number of nitrogens with zero attached hydrogens (tertiary/aromatic N) is 2. The molecule has 0 saturated carbocycles. The minimum Gasteiger partial charge on any atom is -0.491 e. The Kier molecular flexibility index (Phi) is 4.67. The normalized spacial score (nSPS) is 21.9. The summed E-state index contributed by atoms with van der Waals surface area (Å²) in [5.41, 5.74) is 6.65. The highest BCUT2D eigenvalue weighted by atomic mass is 16.6. The van der Waals surface area contributed by atoms with Crippen molar-refractivity contribution in [3.05, 3.63) is 28.3 Å². The number of hydrogen-bond acceptors (Lipinski definition) is 5. The lowest BCUT2D eigenvalue weighted by Gasteiger charge is -2.24. The van der Waals surface area contributed by atoms with Gasteiger partial charge in [0.05, 0.1) is 17.1 Å². The van der Waals surface area contributed by atoms with Crippen LogP contribution in [0.25, 0.3) is 0 Å². The maximum Gasteiger partial charge on any atom is 0.275 e. The second-order valence-corrected chi connectivity index (χ2v) is 5.95. The fraction of sp³-hybridized carbons (Fsp3) is 0.600. The highest BCUT2D eigenvalue weighted by Crippen LogP contribution is 2.34. The van der Waals surface area contributed by atoms with E-state index in [4.69, 9.17) is 10.5 Å². The van der Waals surface area contributed by atoms with Gasteiger partial charge in [-0.05, 0) is 39.7 Å². The molecular formula is C15H23N3O3. The predicted molar refractivity (Wildman–Crippen MR) is 82.8 cm³/mol. The minimum atomic E-state index is -0.377. The summed E-state index contributed by atoms with van der Waals surface area (Å²) in [5.74, 6) is 0.978. The summed E-state index contributed by atoms with van der Waals surface area (Å²) in [7, 11) is 0. The molecule has 2 unspecified atom stereocenters. The van der Waals surface area contributed by atoms with Crippen LogP contribution in [-0.2, 0) is 0 Å². The van der Waals surface area contributed by atoms with Gasteiger partial charge >= 0.3 is 0 Å². The second kappa shape index (κ2) is 6.30. The number of nitrogens with two attached hydrogens (primary N) is 1. The SMILES string of the molecule is CC(C)Oc1cc(N2CC(CN)CC2C)cc([N+](=O)[O-])c1. The molecule has 1 aromatic carbocycles. The third-order valence-electron chi connectivity index (χ3n) is 3.79. The lowest BCUT2D eigenvalue weighted by molar-refractivity contribution is -0.384. The number of nitro groups is 1. The average Bonchev–Trinajstić information content (AvgIpc) is 2.79. The number of nitro benzene ring substituents is 1. The zero-order valence-corrected chi connectivity index (χ0v) is 12.8. The van der Waals surface area contributed by atoms with E-state index >= 15 is 0 Å². The lowest BCUT2D eigenvalue weighted by Crippen LogP contribution is -2.27. The first-order chi connectivity index (χ1) is 9.90. The van der Waals surface area contributed by atoms with E-state index in [-0.39, 0.29) is 16.7 Å². The van der Waals surface area contributed by atoms with E-state index in [2.05, 4.69) is 11.8 Å². The van der Waals surface area contributed by atoms with Crippen molar-refractivity contribution in [2.45, 2.75) is 39.3 Å². The van der Waals surface area contributed by atoms with Gasteiger partial charge in [-0.15, -0.1) is 0 Å². The quantitative estimate of drug-likeness (QED) is 0.666. The highest BCUT2D eigenvalue weighted by molar-refractivity contribution is 5.59. The number of ether oxygens (including phenoxy) is 1. The van der Waals surface area contributed by atoms with Gasteiger partial charge in [0, 0.05) is 30.4 Å². The van der Waals surface area contributed by atoms with E-state index in [0.717, 1.165) is 18.7 Å². The van der Waals surface area contributed by atoms with Gasteiger partial charge in [0.25, 0.3) is 5.69 Å². The molecule has 1 aliphatic heterocycles. The number of anilines is 1. The van der Waals surface area contributed by atoms with Crippen molar-refractivity contribution < 1.29 is 9.66 Å². The molecule has 2 N–H and O–H groups in total. The van der Waals surface area contributed by atoms with Crippen molar-refractivity contribution in [1.29, 1.82) is 0 Å². The number of benzene rings is 1. The molecule has 0 aliphatic carbocycles. The van der Waals surface area contributed by atoms with Gasteiger partial charge in [-0.3, -0.25) is 10.1 Å². The van der Waals surface area contributed by atoms with Crippen molar-refractivity contribution in [2.24, 2.45) is 11.7 Å². The Labute approximate surface area is 125 Å². The average molecular weight is 293 g/mol. The number of non-ortho nitro benzene ring substituents is 1. The molecule has 1 aromatic rings. The topological polar surface area (TPSA) is 81.6 Å². The summed E-state index contributed by atoms with van der Waals surface area (Å²) in [6.07, 6.45) is 0.993. The molecule has 0 bridgehead atoms. The molecule has 1 fully saturated rings. The molecule has 6 nitrogen and oxygen atoms in total. The molecule has 6 heteroatoms. The summed E-state index contributed by atoms with van der Waals surface area (Å²) in [6, 6.07) is 5.29. The van der Waals surface area contributed by atoms with Crippen LogP contribution in [0, 0.1) is 16.0 Å². The largest absolute Gasteiger partial charge is 0.491 e. The number of rotatable bonds is 5. The Balaban J connectivity index is 2.33. The van der Waals surface area contributed by atoms with E-state index in [1.807, 2.05) is 19.9 Å². The second-order valence-electron chi connectivity index (χ2n) is 5.95. The first-order valence-electron chi connectivity index (χ1n) is 7.33. The molecule has 1 aliphatic rings. The Bertz CT molecular complexity index is 519. The van der Waals surface area contributed by atoms with Crippen molar-refractivity contribution in [2.75, 3.05) is 18.0 Å². The molecule has 0 spiro atoms. The zero-order chi connectivity index (χ0) is 15.6. The summed E-state index contributed by atoms with van der Waals surface area (Å²) >= 11 is 0. The molecule has 2 rings (SSSR count).